The van der Waals surface area contributed by atoms with Crippen molar-refractivity contribution < 1.29 is 9.47 Å². The van der Waals surface area contributed by atoms with Gasteiger partial charge in [0.1, 0.15) is 4.08 Å². The average molecular weight is 437 g/mol. The van der Waals surface area contributed by atoms with E-state index in [-0.39, 0.29) is 12.2 Å². The van der Waals surface area contributed by atoms with Gasteiger partial charge in [-0.05, 0) is 86.8 Å². The first-order chi connectivity index (χ1) is 12.8. The maximum atomic E-state index is 5.81. The molecule has 2 nitrogen and oxygen atoms in total. The third kappa shape index (κ3) is 6.49. The van der Waals surface area contributed by atoms with Gasteiger partial charge >= 0.3 is 0 Å². The zero-order valence-corrected chi connectivity index (χ0v) is 19.1. The lowest BCUT2D eigenvalue weighted by molar-refractivity contribution is 0.243. The highest BCUT2D eigenvalue weighted by Gasteiger charge is 2.40. The van der Waals surface area contributed by atoms with Gasteiger partial charge in [-0.2, -0.15) is 0 Å². The van der Waals surface area contributed by atoms with Crippen LogP contribution in [0.5, 0.6) is 0 Å². The summed E-state index contributed by atoms with van der Waals surface area (Å²) in [5.41, 5.74) is 2.16. The van der Waals surface area contributed by atoms with E-state index < -0.39 is 4.08 Å². The second kappa shape index (κ2) is 10.5. The lowest BCUT2D eigenvalue weighted by Crippen LogP contribution is -2.26. The van der Waals surface area contributed by atoms with Crippen LogP contribution in [0.15, 0.2) is 60.7 Å². The van der Waals surface area contributed by atoms with Crippen molar-refractivity contribution >= 4 is 56.7 Å². The van der Waals surface area contributed by atoms with Crippen molar-refractivity contribution in [2.24, 2.45) is 0 Å². The molecule has 0 amide bonds. The lowest BCUT2D eigenvalue weighted by Gasteiger charge is -2.34. The summed E-state index contributed by atoms with van der Waals surface area (Å²) in [4.78, 5) is 0. The van der Waals surface area contributed by atoms with Gasteiger partial charge < -0.3 is 9.47 Å². The molecular weight excluding hydrogens is 412 g/mol. The first-order valence-electron chi connectivity index (χ1n) is 8.74. The van der Waals surface area contributed by atoms with Gasteiger partial charge in [-0.1, -0.05) is 60.7 Å². The molecule has 2 aromatic carbocycles. The summed E-state index contributed by atoms with van der Waals surface area (Å²) >= 11 is 14.1. The van der Waals surface area contributed by atoms with E-state index in [1.54, 1.807) is 0 Å². The van der Waals surface area contributed by atoms with Crippen LogP contribution >= 0.6 is 48.0 Å². The Kier molecular flexibility index (Phi) is 8.61. The molecule has 0 saturated heterocycles. The van der Waals surface area contributed by atoms with Crippen LogP contribution in [0.25, 0.3) is 0 Å². The minimum atomic E-state index is -0.597. The van der Waals surface area contributed by atoms with E-state index in [1.165, 1.54) is 23.5 Å². The molecule has 0 N–H and O–H groups in total. The van der Waals surface area contributed by atoms with Gasteiger partial charge in [0.2, 0.25) is 8.77 Å². The second-order valence-electron chi connectivity index (χ2n) is 6.39. The van der Waals surface area contributed by atoms with Gasteiger partial charge in [0.25, 0.3) is 0 Å². The summed E-state index contributed by atoms with van der Waals surface area (Å²) in [6, 6.07) is 20.4. The molecule has 2 aromatic rings. The number of ether oxygens (including phenoxy) is 2. The van der Waals surface area contributed by atoms with E-state index in [2.05, 4.69) is 24.3 Å². The largest absolute Gasteiger partial charge is 0.476 e. The number of thioether (sulfide) groups is 2. The van der Waals surface area contributed by atoms with Crippen molar-refractivity contribution in [3.63, 3.8) is 0 Å². The van der Waals surface area contributed by atoms with E-state index in [1.807, 2.05) is 64.1 Å². The number of rotatable bonds is 6. The predicted molar refractivity (Wildman–Crippen MR) is 126 cm³/mol. The lowest BCUT2D eigenvalue weighted by atomic mass is 10.0. The molecule has 0 fully saturated rings. The average Bonchev–Trinajstić information content (AvgIpc) is 2.61. The highest BCUT2D eigenvalue weighted by molar-refractivity contribution is 8.36. The quantitative estimate of drug-likeness (QED) is 0.365. The molecule has 0 saturated carbocycles. The maximum absolute atomic E-state index is 5.81. The van der Waals surface area contributed by atoms with Crippen LogP contribution in [-0.4, -0.2) is 21.0 Å². The molecule has 0 aliphatic carbocycles. The molecule has 0 spiro atoms. The van der Waals surface area contributed by atoms with Crippen LogP contribution in [-0.2, 0) is 13.6 Å². The van der Waals surface area contributed by atoms with Gasteiger partial charge in [-0.25, -0.2) is 0 Å². The fourth-order valence-electron chi connectivity index (χ4n) is 2.41. The van der Waals surface area contributed by atoms with Crippen molar-refractivity contribution in [2.75, 3.05) is 0 Å². The first-order valence-corrected chi connectivity index (χ1v) is 11.2. The van der Waals surface area contributed by atoms with E-state index in [0.717, 1.165) is 11.1 Å². The van der Waals surface area contributed by atoms with E-state index in [9.17, 15) is 0 Å². The normalized spacial score (nSPS) is 11.5. The molecule has 144 valence electrons. The fourth-order valence-corrected chi connectivity index (χ4v) is 6.44. The van der Waals surface area contributed by atoms with Crippen LogP contribution in [0.1, 0.15) is 38.8 Å². The van der Waals surface area contributed by atoms with Crippen molar-refractivity contribution in [3.8, 4) is 0 Å². The summed E-state index contributed by atoms with van der Waals surface area (Å²) in [6.45, 7) is 7.89. The summed E-state index contributed by atoms with van der Waals surface area (Å²) in [7, 11) is 0. The molecule has 0 atom stereocenters. The van der Waals surface area contributed by atoms with Crippen LogP contribution in [0, 0.1) is 0 Å². The number of thiocarbonyl (C=S) groups is 2. The van der Waals surface area contributed by atoms with Crippen molar-refractivity contribution in [3.05, 3.63) is 71.8 Å². The summed E-state index contributed by atoms with van der Waals surface area (Å²) in [5, 5.41) is 0. The molecule has 0 aromatic heterocycles. The van der Waals surface area contributed by atoms with Gasteiger partial charge in [0.05, 0.1) is 12.2 Å². The minimum absolute atomic E-state index is 0.0121. The molecule has 2 rings (SSSR count). The van der Waals surface area contributed by atoms with E-state index in [0.29, 0.717) is 8.77 Å². The van der Waals surface area contributed by atoms with Gasteiger partial charge in [0.15, 0.2) is 0 Å². The Bertz CT molecular complexity index is 680. The second-order valence-corrected chi connectivity index (χ2v) is 10.3. The van der Waals surface area contributed by atoms with Crippen molar-refractivity contribution in [2.45, 2.75) is 44.0 Å². The molecule has 0 heterocycles. The molecular formula is C21H24O2S4. The summed E-state index contributed by atoms with van der Waals surface area (Å²) in [6.07, 6.45) is 0.0243. The Balaban J connectivity index is 2.54. The summed E-state index contributed by atoms with van der Waals surface area (Å²) in [5.74, 6) is 0. The minimum Gasteiger partial charge on any atom is -0.476 e. The highest BCUT2D eigenvalue weighted by Crippen LogP contribution is 2.53. The van der Waals surface area contributed by atoms with Crippen LogP contribution in [0.4, 0.5) is 0 Å². The molecule has 0 aliphatic rings. The maximum Gasteiger partial charge on any atom is 0.222 e. The number of hydrogen-bond acceptors (Lipinski definition) is 6. The van der Waals surface area contributed by atoms with Gasteiger partial charge in [-0.15, -0.1) is 0 Å². The summed E-state index contributed by atoms with van der Waals surface area (Å²) < 4.78 is 12.0. The predicted octanol–water partition coefficient (Wildman–Crippen LogP) is 6.77. The third-order valence-corrected chi connectivity index (χ3v) is 6.66. The van der Waals surface area contributed by atoms with E-state index >= 15 is 0 Å². The zero-order chi connectivity index (χ0) is 19.9. The molecule has 0 radical (unpaired) electrons. The first kappa shape index (κ1) is 22.2. The van der Waals surface area contributed by atoms with Crippen LogP contribution in [0.3, 0.4) is 0 Å². The van der Waals surface area contributed by atoms with E-state index in [4.69, 9.17) is 33.9 Å². The monoisotopic (exact) mass is 436 g/mol. The molecule has 0 aliphatic heterocycles. The fraction of sp³-hybridized carbons (Fsp3) is 0.333. The SMILES string of the molecule is CC(C)OC(=S)SC(SC(=S)OC(C)C)(c1ccccc1)c1ccccc1. The number of hydrogen-bond donors (Lipinski definition) is 0. The Hall–Kier alpha value is -1.08. The molecule has 0 unspecified atom stereocenters. The van der Waals surface area contributed by atoms with Crippen molar-refractivity contribution in [1.29, 1.82) is 0 Å². The molecule has 27 heavy (non-hydrogen) atoms. The Morgan fingerprint density at radius 3 is 1.33 bits per heavy atom. The number of benzene rings is 2. The topological polar surface area (TPSA) is 18.5 Å². The van der Waals surface area contributed by atoms with Crippen LogP contribution < -0.4 is 0 Å². The Morgan fingerprint density at radius 2 is 1.04 bits per heavy atom. The molecule has 0 bridgehead atoms. The third-order valence-electron chi connectivity index (χ3n) is 3.43. The van der Waals surface area contributed by atoms with Gasteiger partial charge in [-0.3, -0.25) is 0 Å². The van der Waals surface area contributed by atoms with Gasteiger partial charge in [0, 0.05) is 0 Å². The molecule has 6 heteroatoms. The smallest absolute Gasteiger partial charge is 0.222 e. The van der Waals surface area contributed by atoms with Crippen molar-refractivity contribution in [1.82, 2.24) is 0 Å². The standard InChI is InChI=1S/C21H24O2S4/c1-15(2)22-19(24)26-21(17-11-7-5-8-12-17,18-13-9-6-10-14-18)27-20(25)23-16(3)4/h5-16H,1-4H3. The highest BCUT2D eigenvalue weighted by atomic mass is 32.2. The Morgan fingerprint density at radius 1 is 0.704 bits per heavy atom. The Labute approximate surface area is 181 Å². The van der Waals surface area contributed by atoms with Crippen LogP contribution in [0.2, 0.25) is 0 Å². The zero-order valence-electron chi connectivity index (χ0n) is 15.9.